The lowest BCUT2D eigenvalue weighted by molar-refractivity contribution is 0.270. The SMILES string of the molecule is CS(=O)(=O)Cc1cc2c(N3CCC4(CCN(Cc5ccc(CS(N)(=O)=O)cc5)C4)C3)ncnc2s1. The van der Waals surface area contributed by atoms with E-state index in [0.717, 1.165) is 72.0 Å². The number of nitrogens with two attached hydrogens (primary N) is 1. The Balaban J connectivity index is 1.25. The molecule has 0 radical (unpaired) electrons. The van der Waals surface area contributed by atoms with Crippen LogP contribution < -0.4 is 10.0 Å². The molecule has 2 saturated heterocycles. The summed E-state index contributed by atoms with van der Waals surface area (Å²) in [4.78, 5) is 15.4. The first-order valence-corrected chi connectivity index (χ1v) is 16.0. The fraction of sp³-hybridized carbons (Fsp3) is 0.478. The molecular weight excluding hydrogens is 506 g/mol. The Morgan fingerprint density at radius 2 is 1.71 bits per heavy atom. The molecule has 0 aliphatic carbocycles. The molecule has 2 N–H and O–H groups in total. The number of likely N-dealkylation sites (tertiary alicyclic amines) is 1. The summed E-state index contributed by atoms with van der Waals surface area (Å²) in [6, 6.07) is 9.57. The predicted molar refractivity (Wildman–Crippen MR) is 138 cm³/mol. The first-order valence-electron chi connectivity index (χ1n) is 11.4. The Bertz CT molecular complexity index is 1450. The van der Waals surface area contributed by atoms with E-state index in [1.165, 1.54) is 17.6 Å². The number of hydrogen-bond donors (Lipinski definition) is 1. The van der Waals surface area contributed by atoms with Gasteiger partial charge in [-0.15, -0.1) is 11.3 Å². The molecule has 1 atom stereocenters. The Hall–Kier alpha value is -2.12. The minimum absolute atomic E-state index is 0.0232. The van der Waals surface area contributed by atoms with Crippen LogP contribution in [0.2, 0.25) is 0 Å². The van der Waals surface area contributed by atoms with Crippen molar-refractivity contribution in [2.24, 2.45) is 10.6 Å². The van der Waals surface area contributed by atoms with Crippen LogP contribution in [0.15, 0.2) is 36.7 Å². The molecule has 0 bridgehead atoms. The van der Waals surface area contributed by atoms with Crippen molar-refractivity contribution in [3.05, 3.63) is 52.7 Å². The standard InChI is InChI=1S/C23H29N5O4S3/c1-34(29,30)13-19-10-20-21(25-16-26-22(20)33-19)28-9-7-23(15-28)6-8-27(14-23)11-17-2-4-18(5-3-17)12-35(24,31)32/h2-5,10,16H,6-9,11-15H2,1H3,(H2,24,31,32). The van der Waals surface area contributed by atoms with Gasteiger partial charge in [-0.05, 0) is 36.6 Å². The zero-order chi connectivity index (χ0) is 24.8. The van der Waals surface area contributed by atoms with E-state index in [0.29, 0.717) is 5.56 Å². The number of fused-ring (bicyclic) bond motifs is 1. The zero-order valence-corrected chi connectivity index (χ0v) is 22.0. The van der Waals surface area contributed by atoms with E-state index in [1.54, 1.807) is 6.33 Å². The number of nitrogens with zero attached hydrogens (tertiary/aromatic N) is 4. The lowest BCUT2D eigenvalue weighted by Gasteiger charge is -2.25. The highest BCUT2D eigenvalue weighted by molar-refractivity contribution is 7.90. The molecule has 0 amide bonds. The van der Waals surface area contributed by atoms with Crippen LogP contribution in [0.25, 0.3) is 10.2 Å². The molecule has 35 heavy (non-hydrogen) atoms. The van der Waals surface area contributed by atoms with Crippen LogP contribution >= 0.6 is 11.3 Å². The number of hydrogen-bond acceptors (Lipinski definition) is 9. The van der Waals surface area contributed by atoms with Crippen LogP contribution in [-0.2, 0) is 37.9 Å². The third-order valence-corrected chi connectivity index (χ3v) is 9.61. The molecule has 2 aromatic heterocycles. The summed E-state index contributed by atoms with van der Waals surface area (Å²) in [6.45, 7) is 4.68. The first kappa shape index (κ1) is 24.6. The van der Waals surface area contributed by atoms with Gasteiger partial charge in [0.1, 0.15) is 17.0 Å². The molecule has 2 aliphatic rings. The highest BCUT2D eigenvalue weighted by Gasteiger charge is 2.44. The number of thiophene rings is 1. The number of rotatable bonds is 7. The average Bonchev–Trinajstić information content (AvgIpc) is 3.45. The highest BCUT2D eigenvalue weighted by Crippen LogP contribution is 2.43. The van der Waals surface area contributed by atoms with Gasteiger partial charge in [-0.25, -0.2) is 31.9 Å². The topological polar surface area (TPSA) is 127 Å². The number of anilines is 1. The molecule has 1 unspecified atom stereocenters. The van der Waals surface area contributed by atoms with Gasteiger partial charge in [0, 0.05) is 42.7 Å². The average molecular weight is 536 g/mol. The number of sulfonamides is 1. The normalized spacial score (nSPS) is 21.5. The molecule has 2 aliphatic heterocycles. The molecular formula is C23H29N5O4S3. The summed E-state index contributed by atoms with van der Waals surface area (Å²) in [5.41, 5.74) is 2.06. The van der Waals surface area contributed by atoms with Crippen LogP contribution in [-0.4, -0.2) is 64.1 Å². The molecule has 1 aromatic carbocycles. The number of sulfone groups is 1. The minimum atomic E-state index is -3.53. The monoisotopic (exact) mass is 535 g/mol. The summed E-state index contributed by atoms with van der Waals surface area (Å²) < 4.78 is 46.1. The summed E-state index contributed by atoms with van der Waals surface area (Å²) in [6.07, 6.45) is 5.02. The maximum absolute atomic E-state index is 11.7. The third kappa shape index (κ3) is 5.83. The maximum atomic E-state index is 11.7. The Morgan fingerprint density at radius 3 is 2.43 bits per heavy atom. The summed E-state index contributed by atoms with van der Waals surface area (Å²) in [7, 11) is -6.63. The lowest BCUT2D eigenvalue weighted by atomic mass is 9.86. The fourth-order valence-electron chi connectivity index (χ4n) is 5.32. The number of benzene rings is 1. The van der Waals surface area contributed by atoms with Crippen molar-refractivity contribution < 1.29 is 16.8 Å². The van der Waals surface area contributed by atoms with E-state index in [4.69, 9.17) is 5.14 Å². The minimum Gasteiger partial charge on any atom is -0.355 e. The molecule has 12 heteroatoms. The van der Waals surface area contributed by atoms with Crippen LogP contribution in [0, 0.1) is 5.41 Å². The van der Waals surface area contributed by atoms with Gasteiger partial charge in [-0.1, -0.05) is 24.3 Å². The van der Waals surface area contributed by atoms with Crippen molar-refractivity contribution in [3.63, 3.8) is 0 Å². The first-order chi connectivity index (χ1) is 16.5. The van der Waals surface area contributed by atoms with Crippen molar-refractivity contribution >= 4 is 47.2 Å². The van der Waals surface area contributed by atoms with E-state index in [2.05, 4.69) is 19.8 Å². The molecule has 5 rings (SSSR count). The molecule has 0 saturated carbocycles. The van der Waals surface area contributed by atoms with E-state index in [9.17, 15) is 16.8 Å². The quantitative estimate of drug-likeness (QED) is 0.488. The molecule has 1 spiro atoms. The lowest BCUT2D eigenvalue weighted by Crippen LogP contribution is -2.31. The van der Waals surface area contributed by atoms with Gasteiger partial charge in [0.15, 0.2) is 9.84 Å². The number of aromatic nitrogens is 2. The van der Waals surface area contributed by atoms with Gasteiger partial charge in [-0.3, -0.25) is 4.90 Å². The second kappa shape index (κ2) is 9.07. The van der Waals surface area contributed by atoms with Crippen LogP contribution in [0.4, 0.5) is 5.82 Å². The van der Waals surface area contributed by atoms with Crippen molar-refractivity contribution in [2.75, 3.05) is 37.3 Å². The smallest absolute Gasteiger partial charge is 0.213 e. The van der Waals surface area contributed by atoms with E-state index in [-0.39, 0.29) is 16.9 Å². The highest BCUT2D eigenvalue weighted by atomic mass is 32.2. The summed E-state index contributed by atoms with van der Waals surface area (Å²) in [5.74, 6) is 0.772. The van der Waals surface area contributed by atoms with E-state index >= 15 is 0 Å². The second-order valence-corrected chi connectivity index (χ2v) is 14.8. The second-order valence-electron chi connectivity index (χ2n) is 9.95. The number of primary sulfonamides is 1. The van der Waals surface area contributed by atoms with Crippen LogP contribution in [0.1, 0.15) is 28.8 Å². The zero-order valence-electron chi connectivity index (χ0n) is 19.6. The van der Waals surface area contributed by atoms with Crippen molar-refractivity contribution in [3.8, 4) is 0 Å². The summed E-state index contributed by atoms with van der Waals surface area (Å²) in [5, 5.41) is 6.07. The fourth-order valence-corrected chi connectivity index (χ4v) is 8.24. The van der Waals surface area contributed by atoms with E-state index < -0.39 is 19.9 Å². The Morgan fingerprint density at radius 1 is 1.00 bits per heavy atom. The van der Waals surface area contributed by atoms with Gasteiger partial charge >= 0.3 is 0 Å². The molecule has 188 valence electrons. The Kier molecular flexibility index (Phi) is 6.37. The predicted octanol–water partition coefficient (Wildman–Crippen LogP) is 2.13. The van der Waals surface area contributed by atoms with Crippen molar-refractivity contribution in [2.45, 2.75) is 30.9 Å². The molecule has 3 aromatic rings. The van der Waals surface area contributed by atoms with Gasteiger partial charge in [0.05, 0.1) is 16.9 Å². The van der Waals surface area contributed by atoms with Gasteiger partial charge in [0.25, 0.3) is 0 Å². The molecule has 9 nitrogen and oxygen atoms in total. The third-order valence-electron chi connectivity index (χ3n) is 6.82. The van der Waals surface area contributed by atoms with Gasteiger partial charge < -0.3 is 4.90 Å². The van der Waals surface area contributed by atoms with Crippen LogP contribution in [0.5, 0.6) is 0 Å². The molecule has 2 fully saturated rings. The Labute approximate surface area is 209 Å². The van der Waals surface area contributed by atoms with Gasteiger partial charge in [0.2, 0.25) is 10.0 Å². The molecule has 4 heterocycles. The van der Waals surface area contributed by atoms with Crippen molar-refractivity contribution in [1.82, 2.24) is 14.9 Å². The van der Waals surface area contributed by atoms with Crippen molar-refractivity contribution in [1.29, 1.82) is 0 Å². The maximum Gasteiger partial charge on any atom is 0.213 e. The van der Waals surface area contributed by atoms with Gasteiger partial charge in [-0.2, -0.15) is 0 Å². The van der Waals surface area contributed by atoms with Crippen LogP contribution in [0.3, 0.4) is 0 Å². The van der Waals surface area contributed by atoms with E-state index in [1.807, 2.05) is 30.3 Å². The summed E-state index contributed by atoms with van der Waals surface area (Å²) >= 11 is 1.42. The largest absolute Gasteiger partial charge is 0.355 e.